The van der Waals surface area contributed by atoms with Crippen LogP contribution in [0.5, 0.6) is 0 Å². The Bertz CT molecular complexity index is 492. The molecule has 0 aromatic rings. The van der Waals surface area contributed by atoms with Crippen LogP contribution in [0.25, 0.3) is 0 Å². The van der Waals surface area contributed by atoms with Gasteiger partial charge in [-0.25, -0.2) is 4.57 Å². The third-order valence-electron chi connectivity index (χ3n) is 7.16. The van der Waals surface area contributed by atoms with E-state index in [-0.39, 0.29) is 0 Å². The Balaban J connectivity index is 3.90. The molecule has 0 saturated carbocycles. The average molecular weight is 562 g/mol. The normalized spacial score (nSPS) is 12.3. The van der Waals surface area contributed by atoms with Gasteiger partial charge in [-0.15, -0.1) is 0 Å². The summed E-state index contributed by atoms with van der Waals surface area (Å²) in [5.74, 6) is 1.45. The molecule has 0 aliphatic rings. The molecule has 6 heteroatoms. The molecule has 0 heterocycles. The summed E-state index contributed by atoms with van der Waals surface area (Å²) in [6.07, 6.45) is 27.5. The fourth-order valence-corrected chi connectivity index (χ4v) is 5.76. The molecule has 0 aromatic heterocycles. The van der Waals surface area contributed by atoms with Gasteiger partial charge >= 0.3 is 7.82 Å². The topological polar surface area (TPSA) is 56.8 Å². The van der Waals surface area contributed by atoms with Gasteiger partial charge in [0, 0.05) is 6.54 Å². The second-order valence-electron chi connectivity index (χ2n) is 12.2. The monoisotopic (exact) mass is 561 g/mol. The molecule has 0 rings (SSSR count). The van der Waals surface area contributed by atoms with Gasteiger partial charge in [0.15, 0.2) is 0 Å². The van der Waals surface area contributed by atoms with Crippen molar-refractivity contribution in [1.82, 2.24) is 5.48 Å². The van der Waals surface area contributed by atoms with Gasteiger partial charge in [0.2, 0.25) is 0 Å². The quantitative estimate of drug-likeness (QED) is 0.0518. The minimum absolute atomic E-state index is 0.420. The highest BCUT2D eigenvalue weighted by Crippen LogP contribution is 2.48. The molecule has 0 aromatic carbocycles. The summed E-state index contributed by atoms with van der Waals surface area (Å²) in [6.45, 7) is 12.8. The van der Waals surface area contributed by atoms with E-state index in [0.717, 1.165) is 43.9 Å². The Morgan fingerprint density at radius 2 is 0.895 bits per heavy atom. The van der Waals surface area contributed by atoms with E-state index in [4.69, 9.17) is 13.7 Å². The molecule has 230 valence electrons. The van der Waals surface area contributed by atoms with Gasteiger partial charge < -0.3 is 0 Å². The van der Waals surface area contributed by atoms with Crippen LogP contribution in [0.4, 0.5) is 0 Å². The Kier molecular flexibility index (Phi) is 28.6. The molecular formula is C32H68NO4P. The number of unbranched alkanes of at least 4 members (excludes halogenated alkanes) is 17. The fourth-order valence-electron chi connectivity index (χ4n) is 4.62. The van der Waals surface area contributed by atoms with Gasteiger partial charge in [-0.3, -0.25) is 9.05 Å². The van der Waals surface area contributed by atoms with E-state index >= 15 is 0 Å². The summed E-state index contributed by atoms with van der Waals surface area (Å²) in [5, 5.41) is 0. The van der Waals surface area contributed by atoms with Gasteiger partial charge in [-0.2, -0.15) is 10.1 Å². The maximum atomic E-state index is 13.1. The van der Waals surface area contributed by atoms with Crippen molar-refractivity contribution >= 4 is 7.82 Å². The van der Waals surface area contributed by atoms with Crippen molar-refractivity contribution < 1.29 is 18.2 Å². The van der Waals surface area contributed by atoms with Gasteiger partial charge in [-0.1, -0.05) is 157 Å². The predicted molar refractivity (Wildman–Crippen MR) is 166 cm³/mol. The van der Waals surface area contributed by atoms with E-state index in [9.17, 15) is 4.57 Å². The Morgan fingerprint density at radius 1 is 0.526 bits per heavy atom. The van der Waals surface area contributed by atoms with Crippen LogP contribution in [0.3, 0.4) is 0 Å². The van der Waals surface area contributed by atoms with E-state index in [1.165, 1.54) is 109 Å². The number of hydrogen-bond acceptors (Lipinski definition) is 5. The van der Waals surface area contributed by atoms with Crippen molar-refractivity contribution in [3.8, 4) is 0 Å². The molecule has 0 aliphatic carbocycles. The summed E-state index contributed by atoms with van der Waals surface area (Å²) in [6, 6.07) is 0. The van der Waals surface area contributed by atoms with Crippen LogP contribution in [0.2, 0.25) is 0 Å². The SMILES string of the molecule is CCCCCCCCCCCCCCCCNOP(=O)(OCCCCCC(C)C)OCCCCCC(C)C. The van der Waals surface area contributed by atoms with Crippen molar-refractivity contribution in [3.63, 3.8) is 0 Å². The number of rotatable bonds is 31. The molecule has 0 amide bonds. The third kappa shape index (κ3) is 29.1. The van der Waals surface area contributed by atoms with Crippen molar-refractivity contribution in [2.45, 2.75) is 176 Å². The Hall–Kier alpha value is 0.0700. The van der Waals surface area contributed by atoms with Crippen LogP contribution in [-0.4, -0.2) is 19.8 Å². The van der Waals surface area contributed by atoms with E-state index < -0.39 is 7.82 Å². The van der Waals surface area contributed by atoms with Crippen LogP contribution in [0.15, 0.2) is 0 Å². The first-order valence-corrected chi connectivity index (χ1v) is 18.2. The zero-order valence-corrected chi connectivity index (χ0v) is 27.3. The van der Waals surface area contributed by atoms with Gasteiger partial charge in [-0.05, 0) is 31.1 Å². The fraction of sp³-hybridized carbons (Fsp3) is 1.00. The smallest absolute Gasteiger partial charge is 0.286 e. The van der Waals surface area contributed by atoms with Crippen molar-refractivity contribution in [2.75, 3.05) is 19.8 Å². The lowest BCUT2D eigenvalue weighted by molar-refractivity contribution is 0.0687. The Morgan fingerprint density at radius 3 is 1.29 bits per heavy atom. The highest BCUT2D eigenvalue weighted by atomic mass is 31.2. The van der Waals surface area contributed by atoms with Gasteiger partial charge in [0.1, 0.15) is 0 Å². The largest absolute Gasteiger partial charge is 0.491 e. The van der Waals surface area contributed by atoms with Crippen molar-refractivity contribution in [1.29, 1.82) is 0 Å². The minimum atomic E-state index is -3.55. The van der Waals surface area contributed by atoms with Crippen LogP contribution in [0, 0.1) is 11.8 Å². The van der Waals surface area contributed by atoms with E-state index in [1.54, 1.807) is 0 Å². The molecule has 0 saturated heterocycles. The first kappa shape index (κ1) is 38.1. The minimum Gasteiger partial charge on any atom is -0.286 e. The summed E-state index contributed by atoms with van der Waals surface area (Å²) in [4.78, 5) is 0. The molecule has 0 bridgehead atoms. The third-order valence-corrected chi connectivity index (χ3v) is 8.51. The summed E-state index contributed by atoms with van der Waals surface area (Å²) in [5.41, 5.74) is 2.89. The highest BCUT2D eigenvalue weighted by molar-refractivity contribution is 7.48. The second kappa shape index (κ2) is 28.6. The number of hydrogen-bond donors (Lipinski definition) is 1. The summed E-state index contributed by atoms with van der Waals surface area (Å²) < 4.78 is 29.9. The maximum absolute atomic E-state index is 13.1. The zero-order chi connectivity index (χ0) is 28.2. The van der Waals surface area contributed by atoms with Crippen molar-refractivity contribution in [3.05, 3.63) is 0 Å². The highest BCUT2D eigenvalue weighted by Gasteiger charge is 2.27. The van der Waals surface area contributed by atoms with Gasteiger partial charge in [0.25, 0.3) is 0 Å². The lowest BCUT2D eigenvalue weighted by Crippen LogP contribution is -2.17. The van der Waals surface area contributed by atoms with Crippen LogP contribution in [-0.2, 0) is 18.2 Å². The molecule has 0 atom stereocenters. The van der Waals surface area contributed by atoms with E-state index in [0.29, 0.717) is 19.8 Å². The number of hydroxylamine groups is 1. The second-order valence-corrected chi connectivity index (χ2v) is 13.8. The molecule has 0 radical (unpaired) electrons. The molecule has 0 aliphatic heterocycles. The molecule has 5 nitrogen and oxygen atoms in total. The first-order chi connectivity index (χ1) is 18.4. The summed E-state index contributed by atoms with van der Waals surface area (Å²) in [7, 11) is -3.55. The maximum Gasteiger partial charge on any atom is 0.491 e. The summed E-state index contributed by atoms with van der Waals surface area (Å²) >= 11 is 0. The molecule has 1 N–H and O–H groups in total. The van der Waals surface area contributed by atoms with Crippen LogP contribution >= 0.6 is 7.82 Å². The molecule has 0 unspecified atom stereocenters. The number of phosphoric ester groups is 1. The predicted octanol–water partition coefficient (Wildman–Crippen LogP) is 11.6. The first-order valence-electron chi connectivity index (χ1n) is 16.7. The van der Waals surface area contributed by atoms with E-state index in [2.05, 4.69) is 40.1 Å². The lowest BCUT2D eigenvalue weighted by Gasteiger charge is -2.18. The molecular weight excluding hydrogens is 493 g/mol. The number of nitrogens with one attached hydrogen (secondary N) is 1. The van der Waals surface area contributed by atoms with Crippen LogP contribution < -0.4 is 5.48 Å². The Labute approximate surface area is 238 Å². The molecule has 0 fully saturated rings. The zero-order valence-electron chi connectivity index (χ0n) is 26.4. The molecule has 38 heavy (non-hydrogen) atoms. The standard InChI is InChI=1S/C32H68NO4P/c1-6-7-8-9-10-11-12-13-14-15-16-17-18-23-28-33-37-38(34,35-29-24-19-21-26-31(2)3)36-30-25-20-22-27-32(4)5/h31-33H,6-30H2,1-5H3. The lowest BCUT2D eigenvalue weighted by atomic mass is 10.0. The number of phosphoric acid groups is 1. The van der Waals surface area contributed by atoms with Crippen molar-refractivity contribution in [2.24, 2.45) is 11.8 Å². The van der Waals surface area contributed by atoms with Gasteiger partial charge in [0.05, 0.1) is 13.2 Å². The average Bonchev–Trinajstić information content (AvgIpc) is 2.87. The van der Waals surface area contributed by atoms with E-state index in [1.807, 2.05) is 0 Å². The molecule has 0 spiro atoms. The van der Waals surface area contributed by atoms with Crippen LogP contribution in [0.1, 0.15) is 176 Å².